The van der Waals surface area contributed by atoms with Crippen LogP contribution in [0.25, 0.3) is 0 Å². The fraction of sp³-hybridized carbons (Fsp3) is 0.462. The Hall–Kier alpha value is -3.16. The molecule has 54 heavy (non-hydrogen) atoms. The molecule has 3 heterocycles. The van der Waals surface area contributed by atoms with E-state index in [1.807, 2.05) is 38.1 Å². The van der Waals surface area contributed by atoms with Crippen molar-refractivity contribution in [1.29, 1.82) is 0 Å². The standard InChI is InChI=1S/C39H44Cl3N3O7S2/c1-5-52-34-23-33(42)35(53(4,48)49)22-32(34)36-43-38(2,27-6-10-29(40)11-7-27)39(3,28-8-12-30(41)13-9-28)45(36)37(47)44-17-14-25(15-18-44)20-31(46)21-26-16-19-54(50,51)24-26/h6-13,22-23,25-26H,5,14-21,24H2,1-4H3/t26?,38-,39+/m0/s1. The van der Waals surface area contributed by atoms with Crippen molar-refractivity contribution in [3.63, 3.8) is 0 Å². The fourth-order valence-corrected chi connectivity index (χ4v) is 11.5. The van der Waals surface area contributed by atoms with Gasteiger partial charge in [0.15, 0.2) is 19.7 Å². The molecule has 0 saturated carbocycles. The maximum atomic E-state index is 15.3. The number of ether oxygens (including phenoxy) is 1. The third-order valence-electron chi connectivity index (χ3n) is 11.2. The van der Waals surface area contributed by atoms with Gasteiger partial charge in [-0.05, 0) is 93.3 Å². The Morgan fingerprint density at radius 2 is 1.46 bits per heavy atom. The number of nitrogens with zero attached hydrogens (tertiary/aromatic N) is 3. The summed E-state index contributed by atoms with van der Waals surface area (Å²) in [6.07, 6.45) is 3.34. The molecular formula is C39H44Cl3N3O7S2. The number of hydrogen-bond acceptors (Lipinski definition) is 8. The number of carbonyl (C=O) groups is 2. The van der Waals surface area contributed by atoms with Crippen molar-refractivity contribution in [3.8, 4) is 5.75 Å². The molecular weight excluding hydrogens is 793 g/mol. The highest BCUT2D eigenvalue weighted by molar-refractivity contribution is 7.91. The molecule has 0 spiro atoms. The Balaban J connectivity index is 1.43. The number of amides is 2. The van der Waals surface area contributed by atoms with Crippen LogP contribution in [0.15, 0.2) is 70.6 Å². The molecule has 0 radical (unpaired) electrons. The van der Waals surface area contributed by atoms with E-state index in [4.69, 9.17) is 44.5 Å². The van der Waals surface area contributed by atoms with E-state index in [1.165, 1.54) is 12.1 Å². The summed E-state index contributed by atoms with van der Waals surface area (Å²) < 4.78 is 56.0. The molecule has 0 bridgehead atoms. The van der Waals surface area contributed by atoms with E-state index in [0.29, 0.717) is 48.8 Å². The van der Waals surface area contributed by atoms with Crippen LogP contribution in [0.2, 0.25) is 15.1 Å². The molecule has 10 nitrogen and oxygen atoms in total. The normalized spacial score (nSPS) is 24.4. The molecule has 6 rings (SSSR count). The number of sulfone groups is 2. The SMILES string of the molecule is CCOc1cc(Cl)c(S(C)(=O)=O)cc1C1=N[C@@](C)(c2ccc(Cl)cc2)[C@@](C)(c2ccc(Cl)cc2)N1C(=O)N1CCC(CC(=O)CC2CCS(=O)(=O)C2)CC1. The predicted molar refractivity (Wildman–Crippen MR) is 212 cm³/mol. The lowest BCUT2D eigenvalue weighted by Crippen LogP contribution is -2.59. The van der Waals surface area contributed by atoms with Gasteiger partial charge in [-0.3, -0.25) is 14.7 Å². The van der Waals surface area contributed by atoms with Crippen molar-refractivity contribution in [1.82, 2.24) is 9.80 Å². The second-order valence-corrected chi connectivity index (χ2v) is 20.3. The number of aliphatic imine (C=N–C) groups is 1. The number of urea groups is 1. The summed E-state index contributed by atoms with van der Waals surface area (Å²) in [5.41, 5.74) is -0.632. The predicted octanol–water partition coefficient (Wildman–Crippen LogP) is 7.96. The molecule has 3 aliphatic heterocycles. The van der Waals surface area contributed by atoms with E-state index in [1.54, 1.807) is 41.0 Å². The minimum absolute atomic E-state index is 0.0201. The topological polar surface area (TPSA) is 130 Å². The number of carbonyl (C=O) groups excluding carboxylic acids is 2. The Kier molecular flexibility index (Phi) is 11.6. The number of Topliss-reactive ketones (excluding diaryl/α,β-unsaturated/α-hetero) is 1. The van der Waals surface area contributed by atoms with Crippen molar-refractivity contribution < 1.29 is 31.2 Å². The van der Waals surface area contributed by atoms with Crippen LogP contribution < -0.4 is 4.74 Å². The van der Waals surface area contributed by atoms with E-state index in [2.05, 4.69) is 0 Å². The molecule has 3 aromatic rings. The molecule has 2 amide bonds. The van der Waals surface area contributed by atoms with E-state index in [0.717, 1.165) is 17.4 Å². The maximum Gasteiger partial charge on any atom is 0.326 e. The van der Waals surface area contributed by atoms with Crippen molar-refractivity contribution in [2.45, 2.75) is 68.8 Å². The third kappa shape index (κ3) is 7.91. The minimum atomic E-state index is -3.82. The highest BCUT2D eigenvalue weighted by atomic mass is 35.5. The average molecular weight is 837 g/mol. The van der Waals surface area contributed by atoms with Gasteiger partial charge in [0.1, 0.15) is 28.4 Å². The second kappa shape index (κ2) is 15.4. The Morgan fingerprint density at radius 1 is 0.889 bits per heavy atom. The molecule has 1 unspecified atom stereocenters. The fourth-order valence-electron chi connectivity index (χ4n) is 8.07. The second-order valence-electron chi connectivity index (χ2n) is 14.8. The molecule has 0 N–H and O–H groups in total. The van der Waals surface area contributed by atoms with Gasteiger partial charge in [-0.2, -0.15) is 0 Å². The summed E-state index contributed by atoms with van der Waals surface area (Å²) >= 11 is 19.3. The Morgan fingerprint density at radius 3 is 2.00 bits per heavy atom. The van der Waals surface area contributed by atoms with Crippen LogP contribution in [0.4, 0.5) is 4.79 Å². The van der Waals surface area contributed by atoms with E-state index >= 15 is 4.79 Å². The first-order valence-electron chi connectivity index (χ1n) is 18.0. The lowest BCUT2D eigenvalue weighted by molar-refractivity contribution is -0.121. The summed E-state index contributed by atoms with van der Waals surface area (Å²) in [4.78, 5) is 36.9. The third-order valence-corrected chi connectivity index (χ3v) is 15.1. The number of halogens is 3. The molecule has 2 fully saturated rings. The highest BCUT2D eigenvalue weighted by Crippen LogP contribution is 2.54. The first-order valence-corrected chi connectivity index (χ1v) is 22.8. The van der Waals surface area contributed by atoms with E-state index in [9.17, 15) is 21.6 Å². The van der Waals surface area contributed by atoms with E-state index in [-0.39, 0.29) is 75.3 Å². The van der Waals surface area contributed by atoms with Gasteiger partial charge in [0.25, 0.3) is 0 Å². The monoisotopic (exact) mass is 835 g/mol. The largest absolute Gasteiger partial charge is 0.493 e. The first-order chi connectivity index (χ1) is 25.4. The summed E-state index contributed by atoms with van der Waals surface area (Å²) in [6.45, 7) is 6.61. The zero-order valence-electron chi connectivity index (χ0n) is 30.6. The summed E-state index contributed by atoms with van der Waals surface area (Å²) in [7, 11) is -6.89. The quantitative estimate of drug-likeness (QED) is 0.203. The number of ketones is 1. The van der Waals surface area contributed by atoms with E-state index < -0.39 is 30.8 Å². The van der Waals surface area contributed by atoms with Crippen molar-refractivity contribution in [2.24, 2.45) is 16.8 Å². The molecule has 3 atom stereocenters. The number of rotatable bonds is 10. The van der Waals surface area contributed by atoms with Crippen LogP contribution in [0.3, 0.4) is 0 Å². The smallest absolute Gasteiger partial charge is 0.326 e. The van der Waals surface area contributed by atoms with Gasteiger partial charge in [0, 0.05) is 48.3 Å². The molecule has 15 heteroatoms. The highest BCUT2D eigenvalue weighted by Gasteiger charge is 2.60. The zero-order valence-corrected chi connectivity index (χ0v) is 34.5. The zero-order chi connectivity index (χ0) is 39.2. The van der Waals surface area contributed by atoms with Gasteiger partial charge in [-0.1, -0.05) is 59.1 Å². The van der Waals surface area contributed by atoms with Gasteiger partial charge in [0.2, 0.25) is 0 Å². The van der Waals surface area contributed by atoms with Crippen LogP contribution in [-0.2, 0) is 35.5 Å². The summed E-state index contributed by atoms with van der Waals surface area (Å²) in [5.74, 6) is 0.633. The first kappa shape index (κ1) is 40.5. The van der Waals surface area contributed by atoms with Gasteiger partial charge >= 0.3 is 6.03 Å². The van der Waals surface area contributed by atoms with Gasteiger partial charge in [-0.15, -0.1) is 0 Å². The lowest BCUT2D eigenvalue weighted by atomic mass is 9.71. The number of likely N-dealkylation sites (tertiary alicyclic amines) is 1. The number of amidine groups is 1. The molecule has 3 aromatic carbocycles. The van der Waals surface area contributed by atoms with Crippen molar-refractivity contribution in [2.75, 3.05) is 37.5 Å². The van der Waals surface area contributed by atoms with Crippen LogP contribution in [0.1, 0.15) is 69.6 Å². The molecule has 0 aromatic heterocycles. The van der Waals surface area contributed by atoms with Crippen LogP contribution in [0, 0.1) is 11.8 Å². The van der Waals surface area contributed by atoms with Crippen molar-refractivity contribution >= 4 is 72.1 Å². The van der Waals surface area contributed by atoms with Gasteiger partial charge < -0.3 is 9.64 Å². The van der Waals surface area contributed by atoms with Crippen LogP contribution in [0.5, 0.6) is 5.75 Å². The number of benzene rings is 3. The Labute approximate surface area is 332 Å². The van der Waals surface area contributed by atoms with Crippen LogP contribution in [-0.4, -0.2) is 81.7 Å². The minimum Gasteiger partial charge on any atom is -0.493 e. The van der Waals surface area contributed by atoms with Crippen LogP contribution >= 0.6 is 34.8 Å². The summed E-state index contributed by atoms with van der Waals surface area (Å²) in [5, 5.41) is 1.01. The average Bonchev–Trinajstić information content (AvgIpc) is 3.57. The van der Waals surface area contributed by atoms with Crippen molar-refractivity contribution in [3.05, 3.63) is 92.4 Å². The molecule has 3 aliphatic rings. The van der Waals surface area contributed by atoms with Gasteiger partial charge in [0.05, 0.1) is 33.6 Å². The molecule has 2 saturated heterocycles. The lowest BCUT2D eigenvalue weighted by Gasteiger charge is -2.47. The molecule has 290 valence electrons. The summed E-state index contributed by atoms with van der Waals surface area (Å²) in [6, 6.07) is 17.0. The maximum absolute atomic E-state index is 15.3. The Bertz CT molecular complexity index is 2190. The molecule has 0 aliphatic carbocycles. The van der Waals surface area contributed by atoms with Gasteiger partial charge in [-0.25, -0.2) is 21.6 Å². The number of piperidine rings is 1. The number of hydrogen-bond donors (Lipinski definition) is 0.